The van der Waals surface area contributed by atoms with Crippen LogP contribution in [-0.4, -0.2) is 17.6 Å². The standard InChI is InChI=1S/C12H18N4/c1-4-10(14)7-15-12-11(6-13)8(2)5-9(3)16-12/h5,10H,4,7,14H2,1-3H3,(H,15,16). The van der Waals surface area contributed by atoms with Gasteiger partial charge >= 0.3 is 0 Å². The molecular weight excluding hydrogens is 200 g/mol. The molecule has 0 aliphatic rings. The van der Waals surface area contributed by atoms with E-state index in [1.165, 1.54) is 0 Å². The highest BCUT2D eigenvalue weighted by Gasteiger charge is 2.08. The van der Waals surface area contributed by atoms with Crippen molar-refractivity contribution in [1.82, 2.24) is 4.98 Å². The number of rotatable bonds is 4. The van der Waals surface area contributed by atoms with Crippen LogP contribution < -0.4 is 11.1 Å². The van der Waals surface area contributed by atoms with E-state index in [-0.39, 0.29) is 6.04 Å². The molecule has 1 rings (SSSR count). The molecule has 4 heteroatoms. The molecule has 0 saturated carbocycles. The van der Waals surface area contributed by atoms with Gasteiger partial charge in [0.1, 0.15) is 11.9 Å². The van der Waals surface area contributed by atoms with Crippen LogP contribution in [0.25, 0.3) is 0 Å². The smallest absolute Gasteiger partial charge is 0.144 e. The summed E-state index contributed by atoms with van der Waals surface area (Å²) in [7, 11) is 0. The molecule has 0 bridgehead atoms. The molecule has 0 aliphatic heterocycles. The van der Waals surface area contributed by atoms with E-state index in [4.69, 9.17) is 11.0 Å². The maximum Gasteiger partial charge on any atom is 0.144 e. The first-order valence-electron chi connectivity index (χ1n) is 5.46. The van der Waals surface area contributed by atoms with Crippen molar-refractivity contribution in [3.63, 3.8) is 0 Å². The third-order valence-corrected chi connectivity index (χ3v) is 2.51. The van der Waals surface area contributed by atoms with Crippen LogP contribution in [0.15, 0.2) is 6.07 Å². The minimum absolute atomic E-state index is 0.0918. The Labute approximate surface area is 96.5 Å². The number of aromatic nitrogens is 1. The van der Waals surface area contributed by atoms with Gasteiger partial charge in [-0.3, -0.25) is 0 Å². The second kappa shape index (κ2) is 5.47. The minimum atomic E-state index is 0.0918. The van der Waals surface area contributed by atoms with Crippen LogP contribution in [0, 0.1) is 25.2 Å². The molecule has 1 aromatic rings. The normalized spacial score (nSPS) is 11.9. The second-order valence-corrected chi connectivity index (χ2v) is 3.97. The zero-order valence-corrected chi connectivity index (χ0v) is 10.0. The number of pyridine rings is 1. The highest BCUT2D eigenvalue weighted by atomic mass is 15.0. The lowest BCUT2D eigenvalue weighted by Crippen LogP contribution is -2.28. The number of nitrogens with one attached hydrogen (secondary N) is 1. The van der Waals surface area contributed by atoms with E-state index in [0.29, 0.717) is 17.9 Å². The Morgan fingerprint density at radius 2 is 2.25 bits per heavy atom. The first-order valence-corrected chi connectivity index (χ1v) is 5.46. The fraction of sp³-hybridized carbons (Fsp3) is 0.500. The average molecular weight is 218 g/mol. The van der Waals surface area contributed by atoms with Gasteiger partial charge in [0.05, 0.1) is 5.56 Å². The molecule has 0 spiro atoms. The summed E-state index contributed by atoms with van der Waals surface area (Å²) in [6.45, 7) is 6.50. The Kier molecular flexibility index (Phi) is 4.27. The highest BCUT2D eigenvalue weighted by Crippen LogP contribution is 2.17. The lowest BCUT2D eigenvalue weighted by Gasteiger charge is -2.13. The topological polar surface area (TPSA) is 74.7 Å². The maximum absolute atomic E-state index is 9.05. The summed E-state index contributed by atoms with van der Waals surface area (Å²) in [5.41, 5.74) is 8.27. The molecule has 4 nitrogen and oxygen atoms in total. The first kappa shape index (κ1) is 12.5. The van der Waals surface area contributed by atoms with Crippen LogP contribution in [0.3, 0.4) is 0 Å². The Bertz CT molecular complexity index is 406. The molecule has 0 saturated heterocycles. The van der Waals surface area contributed by atoms with E-state index in [0.717, 1.165) is 17.7 Å². The predicted molar refractivity (Wildman–Crippen MR) is 65.2 cm³/mol. The fourth-order valence-electron chi connectivity index (χ4n) is 1.48. The molecule has 1 aromatic heterocycles. The zero-order chi connectivity index (χ0) is 12.1. The number of anilines is 1. The SMILES string of the molecule is CCC(N)CNc1nc(C)cc(C)c1C#N. The summed E-state index contributed by atoms with van der Waals surface area (Å²) in [5, 5.41) is 12.2. The molecule has 0 aliphatic carbocycles. The molecule has 16 heavy (non-hydrogen) atoms. The van der Waals surface area contributed by atoms with Crippen molar-refractivity contribution in [3.05, 3.63) is 22.9 Å². The summed E-state index contributed by atoms with van der Waals surface area (Å²) in [6.07, 6.45) is 0.902. The summed E-state index contributed by atoms with van der Waals surface area (Å²) in [4.78, 5) is 4.32. The van der Waals surface area contributed by atoms with Gasteiger partial charge in [-0.05, 0) is 31.9 Å². The van der Waals surface area contributed by atoms with Gasteiger partial charge in [0.25, 0.3) is 0 Å². The summed E-state index contributed by atoms with van der Waals surface area (Å²) < 4.78 is 0. The quantitative estimate of drug-likeness (QED) is 0.807. The number of nitrogens with zero attached hydrogens (tertiary/aromatic N) is 2. The van der Waals surface area contributed by atoms with Gasteiger partial charge in [-0.2, -0.15) is 5.26 Å². The molecule has 86 valence electrons. The molecule has 1 heterocycles. The third-order valence-electron chi connectivity index (χ3n) is 2.51. The molecular formula is C12H18N4. The van der Waals surface area contributed by atoms with E-state index >= 15 is 0 Å². The van der Waals surface area contributed by atoms with E-state index in [1.54, 1.807) is 0 Å². The van der Waals surface area contributed by atoms with Crippen LogP contribution in [0.2, 0.25) is 0 Å². The Balaban J connectivity index is 2.91. The van der Waals surface area contributed by atoms with Crippen molar-refractivity contribution < 1.29 is 0 Å². The monoisotopic (exact) mass is 218 g/mol. The summed E-state index contributed by atoms with van der Waals surface area (Å²) in [5.74, 6) is 0.643. The second-order valence-electron chi connectivity index (χ2n) is 3.97. The lowest BCUT2D eigenvalue weighted by atomic mass is 10.1. The van der Waals surface area contributed by atoms with Gasteiger partial charge in [0.2, 0.25) is 0 Å². The van der Waals surface area contributed by atoms with E-state index in [2.05, 4.69) is 16.4 Å². The van der Waals surface area contributed by atoms with Crippen LogP contribution in [-0.2, 0) is 0 Å². The van der Waals surface area contributed by atoms with Crippen molar-refractivity contribution in [2.75, 3.05) is 11.9 Å². The van der Waals surface area contributed by atoms with Gasteiger partial charge < -0.3 is 11.1 Å². The van der Waals surface area contributed by atoms with Gasteiger partial charge in [0, 0.05) is 18.3 Å². The van der Waals surface area contributed by atoms with Crippen molar-refractivity contribution in [2.45, 2.75) is 33.2 Å². The van der Waals surface area contributed by atoms with Crippen molar-refractivity contribution in [3.8, 4) is 6.07 Å². The number of nitriles is 1. The van der Waals surface area contributed by atoms with Gasteiger partial charge in [0.15, 0.2) is 0 Å². The van der Waals surface area contributed by atoms with Gasteiger partial charge in [-0.25, -0.2) is 4.98 Å². The van der Waals surface area contributed by atoms with E-state index in [1.807, 2.05) is 26.8 Å². The summed E-state index contributed by atoms with van der Waals surface area (Å²) in [6, 6.07) is 4.17. The largest absolute Gasteiger partial charge is 0.367 e. The highest BCUT2D eigenvalue weighted by molar-refractivity contribution is 5.56. The van der Waals surface area contributed by atoms with Gasteiger partial charge in [-0.15, -0.1) is 0 Å². The number of nitrogens with two attached hydrogens (primary N) is 1. The Morgan fingerprint density at radius 1 is 1.56 bits per heavy atom. The van der Waals surface area contributed by atoms with Crippen LogP contribution in [0.1, 0.15) is 30.2 Å². The number of aryl methyl sites for hydroxylation is 2. The molecule has 1 atom stereocenters. The lowest BCUT2D eigenvalue weighted by molar-refractivity contribution is 0.677. The van der Waals surface area contributed by atoms with E-state index < -0.39 is 0 Å². The van der Waals surface area contributed by atoms with Crippen LogP contribution in [0.4, 0.5) is 5.82 Å². The average Bonchev–Trinajstić information content (AvgIpc) is 2.25. The van der Waals surface area contributed by atoms with Crippen LogP contribution in [0.5, 0.6) is 0 Å². The molecule has 0 radical (unpaired) electrons. The van der Waals surface area contributed by atoms with Crippen molar-refractivity contribution in [1.29, 1.82) is 5.26 Å². The summed E-state index contributed by atoms with van der Waals surface area (Å²) >= 11 is 0. The number of hydrogen-bond acceptors (Lipinski definition) is 4. The minimum Gasteiger partial charge on any atom is -0.367 e. The molecule has 0 fully saturated rings. The third kappa shape index (κ3) is 2.94. The maximum atomic E-state index is 9.05. The van der Waals surface area contributed by atoms with E-state index in [9.17, 15) is 0 Å². The predicted octanol–water partition coefficient (Wildman–Crippen LogP) is 1.72. The van der Waals surface area contributed by atoms with Gasteiger partial charge in [-0.1, -0.05) is 6.92 Å². The molecule has 1 unspecified atom stereocenters. The molecule has 3 N–H and O–H groups in total. The number of hydrogen-bond donors (Lipinski definition) is 2. The molecule has 0 amide bonds. The Morgan fingerprint density at radius 3 is 2.81 bits per heavy atom. The van der Waals surface area contributed by atoms with Crippen molar-refractivity contribution in [2.24, 2.45) is 5.73 Å². The molecule has 0 aromatic carbocycles. The van der Waals surface area contributed by atoms with Crippen LogP contribution >= 0.6 is 0 Å². The Hall–Kier alpha value is -1.60. The zero-order valence-electron chi connectivity index (χ0n) is 10.0. The first-order chi connectivity index (χ1) is 7.58. The fourth-order valence-corrected chi connectivity index (χ4v) is 1.48. The van der Waals surface area contributed by atoms with Crippen molar-refractivity contribution >= 4 is 5.82 Å².